The molecule has 3 heterocycles. The summed E-state index contributed by atoms with van der Waals surface area (Å²) in [6.45, 7) is 2.50. The second kappa shape index (κ2) is 9.64. The molecule has 0 spiro atoms. The number of thioether (sulfide) groups is 1. The van der Waals surface area contributed by atoms with Crippen molar-refractivity contribution in [2.45, 2.75) is 37.6 Å². The summed E-state index contributed by atoms with van der Waals surface area (Å²) in [6, 6.07) is 5.75. The number of nitrogens with one attached hydrogen (secondary N) is 1. The number of pyridine rings is 1. The number of unbranched alkanes of at least 4 members (excludes halogenated alkanes) is 2. The summed E-state index contributed by atoms with van der Waals surface area (Å²) >= 11 is 1.76. The summed E-state index contributed by atoms with van der Waals surface area (Å²) < 4.78 is 2.06. The largest absolute Gasteiger partial charge is 0.328 e. The zero-order chi connectivity index (χ0) is 17.6. The predicted molar refractivity (Wildman–Crippen MR) is 106 cm³/mol. The third kappa shape index (κ3) is 4.59. The number of nitrogens with zero attached hydrogens (tertiary/aromatic N) is 3. The highest BCUT2D eigenvalue weighted by molar-refractivity contribution is 7.99. The van der Waals surface area contributed by atoms with Crippen LogP contribution in [-0.2, 0) is 4.79 Å². The number of aromatic nitrogens is 2. The van der Waals surface area contributed by atoms with E-state index in [4.69, 9.17) is 0 Å². The van der Waals surface area contributed by atoms with Gasteiger partial charge in [0, 0.05) is 18.9 Å². The maximum Gasteiger partial charge on any atom is 0.328 e. The molecule has 2 aromatic rings. The number of fused-ring (bicyclic) bond motifs is 1. The van der Waals surface area contributed by atoms with Crippen LogP contribution in [0.15, 0.2) is 47.4 Å². The van der Waals surface area contributed by atoms with Crippen molar-refractivity contribution in [2.75, 3.05) is 12.3 Å². The Hall–Kier alpha value is -1.99. The van der Waals surface area contributed by atoms with Crippen molar-refractivity contribution < 1.29 is 9.59 Å². The summed E-state index contributed by atoms with van der Waals surface area (Å²) in [5, 5.41) is 3.80. The molecule has 1 aliphatic heterocycles. The maximum atomic E-state index is 12.2. The van der Waals surface area contributed by atoms with Crippen LogP contribution in [0, 0.1) is 0 Å². The molecule has 0 radical (unpaired) electrons. The number of imide groups is 1. The molecule has 26 heavy (non-hydrogen) atoms. The Balaban J connectivity index is 0.00000243. The van der Waals surface area contributed by atoms with Crippen LogP contribution < -0.4 is 5.32 Å². The molecular weight excluding hydrogens is 372 g/mol. The van der Waals surface area contributed by atoms with Crippen LogP contribution in [0.5, 0.6) is 0 Å². The summed E-state index contributed by atoms with van der Waals surface area (Å²) in [4.78, 5) is 29.7. The van der Waals surface area contributed by atoms with E-state index in [-0.39, 0.29) is 24.3 Å². The van der Waals surface area contributed by atoms with E-state index in [1.54, 1.807) is 18.0 Å². The Morgan fingerprint density at radius 1 is 1.27 bits per heavy atom. The molecule has 8 heteroatoms. The maximum absolute atomic E-state index is 12.2. The Morgan fingerprint density at radius 3 is 2.92 bits per heavy atom. The molecule has 1 aliphatic rings. The van der Waals surface area contributed by atoms with E-state index in [1.165, 1.54) is 4.90 Å². The number of carbonyl (C=O) groups is 2. The van der Waals surface area contributed by atoms with Crippen LogP contribution >= 0.6 is 24.2 Å². The van der Waals surface area contributed by atoms with Crippen molar-refractivity contribution in [3.8, 4) is 0 Å². The number of halogens is 1. The highest BCUT2D eigenvalue weighted by Gasteiger charge is 2.32. The fraction of sp³-hybridized carbons (Fsp3) is 0.389. The third-order valence-electron chi connectivity index (χ3n) is 4.02. The molecule has 1 fully saturated rings. The number of hydrogen-bond acceptors (Lipinski definition) is 4. The van der Waals surface area contributed by atoms with E-state index < -0.39 is 0 Å². The lowest BCUT2D eigenvalue weighted by Gasteiger charge is -2.11. The highest BCUT2D eigenvalue weighted by Crippen LogP contribution is 2.21. The monoisotopic (exact) mass is 394 g/mol. The van der Waals surface area contributed by atoms with Gasteiger partial charge < -0.3 is 5.32 Å². The van der Waals surface area contributed by atoms with Gasteiger partial charge in [-0.05, 0) is 37.1 Å². The molecule has 0 unspecified atom stereocenters. The molecule has 0 atom stereocenters. The first-order chi connectivity index (χ1) is 12.2. The molecule has 140 valence electrons. The quantitative estimate of drug-likeness (QED) is 0.319. The second-order valence-electron chi connectivity index (χ2n) is 5.87. The van der Waals surface area contributed by atoms with E-state index in [1.807, 2.05) is 31.3 Å². The summed E-state index contributed by atoms with van der Waals surface area (Å²) in [6.07, 6.45) is 9.03. The molecule has 3 rings (SSSR count). The fourth-order valence-electron chi connectivity index (χ4n) is 2.69. The van der Waals surface area contributed by atoms with Gasteiger partial charge in [-0.15, -0.1) is 24.2 Å². The molecule has 0 bridgehead atoms. The zero-order valence-electron chi connectivity index (χ0n) is 14.7. The van der Waals surface area contributed by atoms with E-state index in [9.17, 15) is 9.59 Å². The highest BCUT2D eigenvalue weighted by atomic mass is 35.5. The van der Waals surface area contributed by atoms with Gasteiger partial charge in [-0.25, -0.2) is 9.78 Å². The van der Waals surface area contributed by atoms with E-state index >= 15 is 0 Å². The molecule has 1 saturated heterocycles. The lowest BCUT2D eigenvalue weighted by atomic mass is 10.2. The van der Waals surface area contributed by atoms with Crippen molar-refractivity contribution in [3.63, 3.8) is 0 Å². The summed E-state index contributed by atoms with van der Waals surface area (Å²) in [5.74, 6) is 0.730. The van der Waals surface area contributed by atoms with Crippen molar-refractivity contribution >= 4 is 41.8 Å². The van der Waals surface area contributed by atoms with E-state index in [2.05, 4.69) is 20.8 Å². The van der Waals surface area contributed by atoms with Gasteiger partial charge in [0.25, 0.3) is 5.91 Å². The Bertz CT molecular complexity index is 805. The van der Waals surface area contributed by atoms with Gasteiger partial charge in [0.05, 0.1) is 5.03 Å². The third-order valence-corrected chi connectivity index (χ3v) is 5.14. The van der Waals surface area contributed by atoms with Gasteiger partial charge >= 0.3 is 6.03 Å². The number of allylic oxidation sites excluding steroid dienone is 1. The van der Waals surface area contributed by atoms with Gasteiger partial charge in [-0.1, -0.05) is 25.5 Å². The number of imidazole rings is 1. The van der Waals surface area contributed by atoms with Crippen LogP contribution in [0.3, 0.4) is 0 Å². The standard InChI is InChI=1S/C18H22N4O2S.ClH/c1-2-3-7-14-17(23)22(18(24)20-14)11-4-5-13-25-16-9-6-8-15-19-10-12-21(15)16;/h6-10,12H,2-5,11,13H2,1H3,(H,20,24);1H/b14-7+;. The first-order valence-corrected chi connectivity index (χ1v) is 9.57. The van der Waals surface area contributed by atoms with Crippen LogP contribution in [0.2, 0.25) is 0 Å². The average molecular weight is 395 g/mol. The molecule has 6 nitrogen and oxygen atoms in total. The van der Waals surface area contributed by atoms with Crippen LogP contribution in [0.25, 0.3) is 5.65 Å². The smallest absolute Gasteiger partial charge is 0.303 e. The topological polar surface area (TPSA) is 66.7 Å². The van der Waals surface area contributed by atoms with Crippen LogP contribution in [-0.4, -0.2) is 38.5 Å². The minimum Gasteiger partial charge on any atom is -0.303 e. The lowest BCUT2D eigenvalue weighted by Crippen LogP contribution is -2.31. The van der Waals surface area contributed by atoms with E-state index in [0.717, 1.165) is 42.1 Å². The number of hydrogen-bond donors (Lipinski definition) is 1. The fourth-order valence-corrected chi connectivity index (χ4v) is 3.72. The molecule has 1 N–H and O–H groups in total. The minimum absolute atomic E-state index is 0. The molecular formula is C18H23ClN4O2S. The Labute approximate surface area is 163 Å². The predicted octanol–water partition coefficient (Wildman–Crippen LogP) is 3.86. The number of urea groups is 1. The molecule has 0 aromatic carbocycles. The number of amides is 3. The molecule has 3 amide bonds. The Morgan fingerprint density at radius 2 is 2.12 bits per heavy atom. The average Bonchev–Trinajstić information content (AvgIpc) is 3.19. The van der Waals surface area contributed by atoms with Crippen molar-refractivity contribution in [1.82, 2.24) is 19.6 Å². The van der Waals surface area contributed by atoms with Crippen molar-refractivity contribution in [1.29, 1.82) is 0 Å². The first kappa shape index (κ1) is 20.3. The van der Waals surface area contributed by atoms with Crippen molar-refractivity contribution in [3.05, 3.63) is 42.4 Å². The van der Waals surface area contributed by atoms with E-state index in [0.29, 0.717) is 12.2 Å². The molecule has 0 saturated carbocycles. The summed E-state index contributed by atoms with van der Waals surface area (Å²) in [5.41, 5.74) is 1.36. The Kier molecular flexibility index (Phi) is 7.53. The second-order valence-corrected chi connectivity index (χ2v) is 6.98. The minimum atomic E-state index is -0.303. The zero-order valence-corrected chi connectivity index (χ0v) is 16.3. The normalized spacial score (nSPS) is 15.6. The SMILES string of the molecule is CCC/C=C1/NC(=O)N(CCCCSc2cccc3nccn23)C1=O.Cl. The first-order valence-electron chi connectivity index (χ1n) is 8.58. The van der Waals surface area contributed by atoms with Crippen molar-refractivity contribution in [2.24, 2.45) is 0 Å². The van der Waals surface area contributed by atoms with Crippen LogP contribution in [0.4, 0.5) is 4.79 Å². The number of carbonyl (C=O) groups excluding carboxylic acids is 2. The van der Waals surface area contributed by atoms with Gasteiger partial charge in [-0.3, -0.25) is 14.1 Å². The van der Waals surface area contributed by atoms with Gasteiger partial charge in [0.2, 0.25) is 0 Å². The number of rotatable bonds is 8. The molecule has 2 aromatic heterocycles. The summed E-state index contributed by atoms with van der Waals surface area (Å²) in [7, 11) is 0. The lowest BCUT2D eigenvalue weighted by molar-refractivity contribution is -0.123. The van der Waals surface area contributed by atoms with Gasteiger partial charge in [-0.2, -0.15) is 0 Å². The van der Waals surface area contributed by atoms with Gasteiger partial charge in [0.1, 0.15) is 11.3 Å². The van der Waals surface area contributed by atoms with Crippen LogP contribution in [0.1, 0.15) is 32.6 Å². The van der Waals surface area contributed by atoms with Gasteiger partial charge in [0.15, 0.2) is 0 Å². The molecule has 0 aliphatic carbocycles.